The van der Waals surface area contributed by atoms with E-state index in [1.807, 2.05) is 0 Å². The van der Waals surface area contributed by atoms with Gasteiger partial charge >= 0.3 is 0 Å². The van der Waals surface area contributed by atoms with Crippen LogP contribution >= 0.6 is 0 Å². The van der Waals surface area contributed by atoms with Crippen LogP contribution in [0.1, 0.15) is 0 Å². The second-order valence-electron chi connectivity index (χ2n) is 2.23. The van der Waals surface area contributed by atoms with Gasteiger partial charge in [-0.3, -0.25) is 0 Å². The maximum atomic E-state index is 12.6. The molecule has 0 aromatic carbocycles. The van der Waals surface area contributed by atoms with E-state index in [-0.39, 0.29) is 11.8 Å². The third kappa shape index (κ3) is 3.20. The summed E-state index contributed by atoms with van der Waals surface area (Å²) in [5, 5.41) is 0. The first-order valence-electron chi connectivity index (χ1n) is 3.64. The quantitative estimate of drug-likeness (QED) is 0.539. The van der Waals surface area contributed by atoms with Gasteiger partial charge in [0, 0.05) is 7.11 Å². The van der Waals surface area contributed by atoms with Gasteiger partial charge in [0.1, 0.15) is 6.61 Å². The Labute approximate surface area is 74.7 Å². The molecule has 0 fully saturated rings. The topological polar surface area (TPSA) is 70.3 Å². The zero-order valence-corrected chi connectivity index (χ0v) is 7.16. The van der Waals surface area contributed by atoms with Crippen LogP contribution in [0.2, 0.25) is 0 Å². The molecule has 1 rings (SSSR count). The van der Waals surface area contributed by atoms with E-state index in [1.54, 1.807) is 0 Å². The Hall–Kier alpha value is -1.43. The summed E-state index contributed by atoms with van der Waals surface area (Å²) in [6.45, 7) is 0.706. The number of aromatic nitrogens is 2. The summed E-state index contributed by atoms with van der Waals surface area (Å²) in [5.74, 6) is -0.741. The van der Waals surface area contributed by atoms with Crippen LogP contribution in [0.3, 0.4) is 0 Å². The molecular formula is C7H10FN3O2. The predicted octanol–water partition coefficient (Wildman–Crippen LogP) is 0.223. The average Bonchev–Trinajstić information content (AvgIpc) is 2.03. The van der Waals surface area contributed by atoms with Crippen LogP contribution < -0.4 is 10.5 Å². The third-order valence-electron chi connectivity index (χ3n) is 1.23. The van der Waals surface area contributed by atoms with Crippen LogP contribution in [-0.4, -0.2) is 30.3 Å². The molecular weight excluding hydrogens is 177 g/mol. The van der Waals surface area contributed by atoms with Crippen molar-refractivity contribution < 1.29 is 13.9 Å². The molecule has 0 amide bonds. The second-order valence-corrected chi connectivity index (χ2v) is 2.23. The fourth-order valence-electron chi connectivity index (χ4n) is 0.717. The van der Waals surface area contributed by atoms with Gasteiger partial charge in [0.15, 0.2) is 0 Å². The van der Waals surface area contributed by atoms with Gasteiger partial charge in [-0.1, -0.05) is 0 Å². The first-order valence-corrected chi connectivity index (χ1v) is 3.64. The Morgan fingerprint density at radius 2 is 2.23 bits per heavy atom. The number of nitrogens with zero attached hydrogens (tertiary/aromatic N) is 2. The number of nitrogen functional groups attached to an aromatic ring is 1. The van der Waals surface area contributed by atoms with Crippen LogP contribution in [0.15, 0.2) is 6.07 Å². The first kappa shape index (κ1) is 9.66. The Bertz CT molecular complexity index is 262. The number of nitrogens with two attached hydrogens (primary N) is 1. The lowest BCUT2D eigenvalue weighted by molar-refractivity contribution is 0.143. The molecule has 0 aliphatic rings. The summed E-state index contributed by atoms with van der Waals surface area (Å²) in [4.78, 5) is 6.91. The molecule has 2 N–H and O–H groups in total. The lowest BCUT2D eigenvalue weighted by Crippen LogP contribution is -2.07. The van der Waals surface area contributed by atoms with Crippen molar-refractivity contribution in [1.29, 1.82) is 0 Å². The van der Waals surface area contributed by atoms with Gasteiger partial charge < -0.3 is 15.2 Å². The van der Waals surface area contributed by atoms with Gasteiger partial charge in [0.25, 0.3) is 0 Å². The highest BCUT2D eigenvalue weighted by Crippen LogP contribution is 2.08. The van der Waals surface area contributed by atoms with Crippen LogP contribution in [0.4, 0.5) is 10.3 Å². The van der Waals surface area contributed by atoms with Gasteiger partial charge in [-0.25, -0.2) is 0 Å². The number of hydrogen-bond acceptors (Lipinski definition) is 5. The summed E-state index contributed by atoms with van der Waals surface area (Å²) in [6, 6.07) is 1.06. The van der Waals surface area contributed by atoms with Gasteiger partial charge in [-0.2, -0.15) is 14.4 Å². The number of methoxy groups -OCH3 is 1. The molecule has 0 unspecified atom stereocenters. The second kappa shape index (κ2) is 4.56. The highest BCUT2D eigenvalue weighted by atomic mass is 19.1. The molecule has 0 aliphatic carbocycles. The summed E-state index contributed by atoms with van der Waals surface area (Å²) in [7, 11) is 1.54. The Balaban J connectivity index is 2.56. The number of halogens is 1. The Morgan fingerprint density at radius 1 is 1.46 bits per heavy atom. The number of ether oxygens (including phenoxy) is 2. The molecule has 72 valence electrons. The summed E-state index contributed by atoms with van der Waals surface area (Å²) in [5.41, 5.74) is 5.19. The van der Waals surface area contributed by atoms with Crippen molar-refractivity contribution in [2.24, 2.45) is 0 Å². The zero-order valence-electron chi connectivity index (χ0n) is 7.16. The van der Waals surface area contributed by atoms with E-state index in [9.17, 15) is 4.39 Å². The molecule has 6 heteroatoms. The molecule has 0 saturated heterocycles. The molecule has 1 heterocycles. The van der Waals surface area contributed by atoms with Gasteiger partial charge in [-0.05, 0) is 0 Å². The van der Waals surface area contributed by atoms with Crippen molar-refractivity contribution in [1.82, 2.24) is 9.97 Å². The van der Waals surface area contributed by atoms with Crippen LogP contribution in [-0.2, 0) is 4.74 Å². The lowest BCUT2D eigenvalue weighted by Gasteiger charge is -2.03. The van der Waals surface area contributed by atoms with Crippen LogP contribution in [0, 0.1) is 5.95 Å². The SMILES string of the molecule is COCCOc1cc(F)nc(N)n1. The largest absolute Gasteiger partial charge is 0.475 e. The molecule has 0 aliphatic heterocycles. The minimum atomic E-state index is -0.708. The minimum absolute atomic E-state index is 0.113. The number of rotatable bonds is 4. The zero-order chi connectivity index (χ0) is 9.68. The summed E-state index contributed by atoms with van der Waals surface area (Å²) < 4.78 is 22.3. The van der Waals surface area contributed by atoms with Crippen molar-refractivity contribution >= 4 is 5.95 Å². The fraction of sp³-hybridized carbons (Fsp3) is 0.429. The van der Waals surface area contributed by atoms with Crippen LogP contribution in [0.25, 0.3) is 0 Å². The minimum Gasteiger partial charge on any atom is -0.475 e. The molecule has 5 nitrogen and oxygen atoms in total. The number of hydrogen-bond donors (Lipinski definition) is 1. The molecule has 0 bridgehead atoms. The molecule has 0 saturated carbocycles. The number of anilines is 1. The standard InChI is InChI=1S/C7H10FN3O2/c1-12-2-3-13-6-4-5(8)10-7(9)11-6/h4H,2-3H2,1H3,(H2,9,10,11). The van der Waals surface area contributed by atoms with Gasteiger partial charge in [0.2, 0.25) is 17.8 Å². The van der Waals surface area contributed by atoms with Crippen LogP contribution in [0.5, 0.6) is 5.88 Å². The summed E-state index contributed by atoms with van der Waals surface area (Å²) in [6.07, 6.45) is 0. The van der Waals surface area contributed by atoms with Gasteiger partial charge in [0.05, 0.1) is 12.7 Å². The van der Waals surface area contributed by atoms with Crippen molar-refractivity contribution in [3.05, 3.63) is 12.0 Å². The lowest BCUT2D eigenvalue weighted by atomic mass is 10.6. The Kier molecular flexibility index (Phi) is 3.39. The van der Waals surface area contributed by atoms with E-state index in [1.165, 1.54) is 7.11 Å². The molecule has 0 atom stereocenters. The van der Waals surface area contributed by atoms with Crippen molar-refractivity contribution in [2.45, 2.75) is 0 Å². The highest BCUT2D eigenvalue weighted by Gasteiger charge is 2.01. The van der Waals surface area contributed by atoms with Crippen molar-refractivity contribution in [3.8, 4) is 5.88 Å². The summed E-state index contributed by atoms with van der Waals surface area (Å²) >= 11 is 0. The normalized spacial score (nSPS) is 10.0. The molecule has 13 heavy (non-hydrogen) atoms. The monoisotopic (exact) mass is 187 g/mol. The van der Waals surface area contributed by atoms with E-state index in [4.69, 9.17) is 15.2 Å². The molecule has 0 spiro atoms. The maximum Gasteiger partial charge on any atom is 0.226 e. The first-order chi connectivity index (χ1) is 6.22. The van der Waals surface area contributed by atoms with E-state index in [2.05, 4.69) is 9.97 Å². The van der Waals surface area contributed by atoms with E-state index in [0.29, 0.717) is 13.2 Å². The van der Waals surface area contributed by atoms with E-state index in [0.717, 1.165) is 6.07 Å². The molecule has 1 aromatic rings. The predicted molar refractivity (Wildman–Crippen MR) is 43.8 cm³/mol. The average molecular weight is 187 g/mol. The van der Waals surface area contributed by atoms with Crippen molar-refractivity contribution in [2.75, 3.05) is 26.1 Å². The van der Waals surface area contributed by atoms with E-state index >= 15 is 0 Å². The molecule has 0 radical (unpaired) electrons. The smallest absolute Gasteiger partial charge is 0.226 e. The highest BCUT2D eigenvalue weighted by molar-refractivity contribution is 5.21. The van der Waals surface area contributed by atoms with E-state index < -0.39 is 5.95 Å². The third-order valence-corrected chi connectivity index (χ3v) is 1.23. The van der Waals surface area contributed by atoms with Crippen molar-refractivity contribution in [3.63, 3.8) is 0 Å². The fourth-order valence-corrected chi connectivity index (χ4v) is 0.717. The molecule has 1 aromatic heterocycles. The maximum absolute atomic E-state index is 12.6. The Morgan fingerprint density at radius 3 is 2.85 bits per heavy atom. The van der Waals surface area contributed by atoms with Gasteiger partial charge in [-0.15, -0.1) is 0 Å².